The highest BCUT2D eigenvalue weighted by Gasteiger charge is 2.36. The quantitative estimate of drug-likeness (QED) is 0.258. The van der Waals surface area contributed by atoms with Crippen LogP contribution in [0.15, 0.2) is 30.3 Å². The Bertz CT molecular complexity index is 713. The van der Waals surface area contributed by atoms with E-state index in [-0.39, 0.29) is 26.6 Å². The highest BCUT2D eigenvalue weighted by Crippen LogP contribution is 2.20. The third kappa shape index (κ3) is 11.9. The Balaban J connectivity index is 0.000000515. The fourth-order valence-corrected chi connectivity index (χ4v) is 2.15. The maximum atomic E-state index is 10.7. The van der Waals surface area contributed by atoms with Gasteiger partial charge in [-0.3, -0.25) is 0 Å². The van der Waals surface area contributed by atoms with E-state index in [4.69, 9.17) is 13.0 Å². The van der Waals surface area contributed by atoms with Crippen LogP contribution in [0, 0.1) is 30.7 Å². The van der Waals surface area contributed by atoms with Gasteiger partial charge in [-0.05, 0) is 38.8 Å². The van der Waals surface area contributed by atoms with E-state index in [2.05, 4.69) is 66.7 Å². The van der Waals surface area contributed by atoms with Crippen LogP contribution >= 0.6 is 0 Å². The molecule has 0 aliphatic rings. The van der Waals surface area contributed by atoms with E-state index in [1.165, 1.54) is 3.57 Å². The fraction of sp³-hybridized carbons (Fsp3) is 0.333. The zero-order chi connectivity index (χ0) is 18.1. The van der Waals surface area contributed by atoms with E-state index < -0.39 is 15.6 Å². The Morgan fingerprint density at radius 3 is 1.91 bits per heavy atom. The second-order valence-corrected chi connectivity index (χ2v) is 8.70. The van der Waals surface area contributed by atoms with Gasteiger partial charge in [0.05, 0.1) is 0 Å². The third-order valence-electron chi connectivity index (χ3n) is 1.72. The first-order chi connectivity index (χ1) is 10.3. The maximum Gasteiger partial charge on any atom is 0.485 e. The van der Waals surface area contributed by atoms with E-state index in [1.54, 1.807) is 0 Å². The number of halogens is 4. The average molecular weight is 458 g/mol. The van der Waals surface area contributed by atoms with Crippen molar-refractivity contribution >= 4 is 10.1 Å². The van der Waals surface area contributed by atoms with Crippen LogP contribution in [0.4, 0.5) is 13.2 Å². The van der Waals surface area contributed by atoms with Crippen molar-refractivity contribution in [2.24, 2.45) is 5.41 Å². The van der Waals surface area contributed by atoms with Gasteiger partial charge < -0.3 is 4.55 Å². The topological polar surface area (TPSA) is 57.2 Å². The summed E-state index contributed by atoms with van der Waals surface area (Å²) < 4.78 is 63.4. The van der Waals surface area contributed by atoms with Crippen molar-refractivity contribution in [2.45, 2.75) is 26.3 Å². The molecule has 0 aliphatic carbocycles. The molecule has 0 N–H and O–H groups in total. The highest BCUT2D eigenvalue weighted by atomic mass is 127. The summed E-state index contributed by atoms with van der Waals surface area (Å²) in [6.07, 6.45) is 0. The second-order valence-electron chi connectivity index (χ2n) is 5.01. The van der Waals surface area contributed by atoms with E-state index in [0.717, 1.165) is 0 Å². The minimum absolute atomic E-state index is 0.0553. The van der Waals surface area contributed by atoms with Gasteiger partial charge in [0.25, 0.3) is 0 Å². The van der Waals surface area contributed by atoms with Gasteiger partial charge in [0.2, 0.25) is 7.50 Å². The van der Waals surface area contributed by atoms with Gasteiger partial charge in [-0.2, -0.15) is 13.2 Å². The molecular formula is C15H14F3IO3S. The van der Waals surface area contributed by atoms with Crippen molar-refractivity contribution in [1.29, 1.82) is 0 Å². The Kier molecular flexibility index (Phi) is 8.67. The zero-order valence-electron chi connectivity index (χ0n) is 12.5. The first kappa shape index (κ1) is 21.8. The van der Waals surface area contributed by atoms with Crippen LogP contribution in [-0.4, -0.2) is 18.5 Å². The molecule has 0 aliphatic heterocycles. The zero-order valence-corrected chi connectivity index (χ0v) is 15.5. The standard InChI is InChI=1S/C14H14I.CHF3O3S/c1-14(2,3)11-7-8-12-15-13-9-5-4-6-10-13;2-1(3,4)8(5,6)7/h4-6,9-10H,1-3H3;(H,5,6,7)/q+1;/p-1. The van der Waals surface area contributed by atoms with Gasteiger partial charge in [-0.15, -0.1) is 0 Å². The van der Waals surface area contributed by atoms with Gasteiger partial charge in [0, 0.05) is 11.3 Å². The molecule has 3 nitrogen and oxygen atoms in total. The highest BCUT2D eigenvalue weighted by molar-refractivity contribution is 7.86. The predicted octanol–water partition coefficient (Wildman–Crippen LogP) is 0.00700. The Hall–Kier alpha value is -1.23. The molecule has 1 aromatic rings. The van der Waals surface area contributed by atoms with Crippen molar-refractivity contribution in [3.05, 3.63) is 33.9 Å². The molecule has 0 heterocycles. The minimum Gasteiger partial charge on any atom is -0.741 e. The van der Waals surface area contributed by atoms with Crippen molar-refractivity contribution in [1.82, 2.24) is 0 Å². The molecule has 8 heteroatoms. The van der Waals surface area contributed by atoms with Gasteiger partial charge in [0.1, 0.15) is 0 Å². The van der Waals surface area contributed by atoms with Crippen LogP contribution < -0.4 is 21.2 Å². The number of rotatable bonds is 1. The molecule has 0 aromatic heterocycles. The molecule has 23 heavy (non-hydrogen) atoms. The molecule has 0 amide bonds. The summed E-state index contributed by atoms with van der Waals surface area (Å²) >= 11 is -0.186. The molecule has 0 atom stereocenters. The van der Waals surface area contributed by atoms with Crippen LogP contribution in [0.3, 0.4) is 0 Å². The summed E-state index contributed by atoms with van der Waals surface area (Å²) in [5.74, 6) is 8.94. The lowest BCUT2D eigenvalue weighted by Crippen LogP contribution is -3.59. The normalized spacial score (nSPS) is 11.1. The first-order valence-corrected chi connectivity index (χ1v) is 9.63. The monoisotopic (exact) mass is 458 g/mol. The van der Waals surface area contributed by atoms with Crippen LogP contribution in [-0.2, 0) is 10.1 Å². The number of alkyl halides is 3. The Morgan fingerprint density at radius 1 is 1.04 bits per heavy atom. The van der Waals surface area contributed by atoms with Crippen molar-refractivity contribution in [2.75, 3.05) is 0 Å². The SMILES string of the molecule is CC(C)(C)C#CC#C[I+]c1ccccc1.O=S(=O)([O-])C(F)(F)F. The molecule has 126 valence electrons. The van der Waals surface area contributed by atoms with Gasteiger partial charge in [-0.25, -0.2) is 8.42 Å². The number of hydrogen-bond donors (Lipinski definition) is 0. The third-order valence-corrected chi connectivity index (χ3v) is 4.17. The Morgan fingerprint density at radius 2 is 1.52 bits per heavy atom. The Labute approximate surface area is 144 Å². The maximum absolute atomic E-state index is 10.7. The molecular weight excluding hydrogens is 444 g/mol. The van der Waals surface area contributed by atoms with Crippen molar-refractivity contribution in [3.8, 4) is 21.7 Å². The molecule has 0 unspecified atom stereocenters. The first-order valence-electron chi connectivity index (χ1n) is 6.06. The lowest BCUT2D eigenvalue weighted by molar-refractivity contribution is -0.535. The van der Waals surface area contributed by atoms with Crippen LogP contribution in [0.5, 0.6) is 0 Å². The van der Waals surface area contributed by atoms with E-state index in [0.29, 0.717) is 0 Å². The predicted molar refractivity (Wildman–Crippen MR) is 75.9 cm³/mol. The molecule has 0 saturated heterocycles. The smallest absolute Gasteiger partial charge is 0.485 e. The van der Waals surface area contributed by atoms with Gasteiger partial charge in [0.15, 0.2) is 10.1 Å². The number of benzene rings is 1. The van der Waals surface area contributed by atoms with Crippen molar-refractivity contribution in [3.63, 3.8) is 0 Å². The van der Waals surface area contributed by atoms with Gasteiger partial charge in [-0.1, -0.05) is 24.1 Å². The lowest BCUT2D eigenvalue weighted by atomic mass is 9.98. The largest absolute Gasteiger partial charge is 0.741 e. The summed E-state index contributed by atoms with van der Waals surface area (Å²) in [6.45, 7) is 6.27. The minimum atomic E-state index is -6.09. The molecule has 0 saturated carbocycles. The van der Waals surface area contributed by atoms with Crippen LogP contribution in [0.25, 0.3) is 0 Å². The molecule has 0 fully saturated rings. The summed E-state index contributed by atoms with van der Waals surface area (Å²) in [5.41, 5.74) is -5.59. The summed E-state index contributed by atoms with van der Waals surface area (Å²) in [6, 6.07) is 10.4. The average Bonchev–Trinajstić information content (AvgIpc) is 2.36. The van der Waals surface area contributed by atoms with Crippen LogP contribution in [0.2, 0.25) is 0 Å². The van der Waals surface area contributed by atoms with Crippen molar-refractivity contribution < 1.29 is 47.3 Å². The summed E-state index contributed by atoms with van der Waals surface area (Å²) in [5, 5.41) is 0. The van der Waals surface area contributed by atoms with E-state index in [9.17, 15) is 13.2 Å². The molecule has 1 rings (SSSR count). The van der Waals surface area contributed by atoms with Crippen LogP contribution in [0.1, 0.15) is 20.8 Å². The fourth-order valence-electron chi connectivity index (χ4n) is 0.798. The van der Waals surface area contributed by atoms with Gasteiger partial charge >= 0.3 is 26.7 Å². The lowest BCUT2D eigenvalue weighted by Gasteiger charge is -2.08. The van der Waals surface area contributed by atoms with E-state index in [1.807, 2.05) is 6.07 Å². The number of hydrogen-bond acceptors (Lipinski definition) is 3. The second kappa shape index (κ2) is 9.16. The van der Waals surface area contributed by atoms with E-state index >= 15 is 0 Å². The molecule has 0 radical (unpaired) electrons. The summed E-state index contributed by atoms with van der Waals surface area (Å²) in [4.78, 5) is 0. The summed E-state index contributed by atoms with van der Waals surface area (Å²) in [7, 11) is -6.09. The molecule has 1 aromatic carbocycles. The molecule has 0 spiro atoms. The molecule has 0 bridgehead atoms.